The third-order valence-electron chi connectivity index (χ3n) is 7.98. The Hall–Kier alpha value is -2.65. The lowest BCUT2D eigenvalue weighted by Crippen LogP contribution is -2.39. The lowest BCUT2D eigenvalue weighted by atomic mass is 9.96. The number of rotatable bonds is 5. The van der Waals surface area contributed by atoms with Crippen molar-refractivity contribution < 1.29 is 9.59 Å². The molecule has 34 heavy (non-hydrogen) atoms. The molecule has 2 aliphatic rings. The van der Waals surface area contributed by atoms with Crippen molar-refractivity contribution in [3.05, 3.63) is 45.7 Å². The van der Waals surface area contributed by atoms with Crippen LogP contribution in [0.15, 0.2) is 35.0 Å². The van der Waals surface area contributed by atoms with Crippen molar-refractivity contribution in [1.29, 1.82) is 0 Å². The van der Waals surface area contributed by atoms with Crippen LogP contribution in [0.2, 0.25) is 0 Å². The molecule has 0 atom stereocenters. The van der Waals surface area contributed by atoms with Gasteiger partial charge >= 0.3 is 0 Å². The maximum Gasteiger partial charge on any atom is 0.275 e. The summed E-state index contributed by atoms with van der Waals surface area (Å²) in [4.78, 5) is 32.4. The van der Waals surface area contributed by atoms with Crippen LogP contribution in [-0.2, 0) is 4.79 Å². The molecule has 1 aliphatic carbocycles. The minimum Gasteiger partial charge on any atom is -0.342 e. The Balaban J connectivity index is 1.16. The zero-order chi connectivity index (χ0) is 24.1. The van der Waals surface area contributed by atoms with Crippen molar-refractivity contribution in [1.82, 2.24) is 19.5 Å². The van der Waals surface area contributed by atoms with Crippen molar-refractivity contribution in [2.24, 2.45) is 16.7 Å². The molecule has 2 amide bonds. The molecule has 0 bridgehead atoms. The predicted molar refractivity (Wildman–Crippen MR) is 135 cm³/mol. The lowest BCUT2D eigenvalue weighted by molar-refractivity contribution is -0.134. The van der Waals surface area contributed by atoms with Crippen molar-refractivity contribution >= 4 is 40.4 Å². The van der Waals surface area contributed by atoms with E-state index in [0.29, 0.717) is 23.2 Å². The summed E-state index contributed by atoms with van der Waals surface area (Å²) in [6, 6.07) is 7.54. The fourth-order valence-electron chi connectivity index (χ4n) is 5.13. The first-order chi connectivity index (χ1) is 16.2. The first-order valence-corrected chi connectivity index (χ1v) is 13.3. The number of carbonyl (C=O) groups is 2. The molecule has 3 aromatic rings. The summed E-state index contributed by atoms with van der Waals surface area (Å²) in [5.74, 6) is 0.488. The van der Waals surface area contributed by atoms with Gasteiger partial charge in [0.05, 0.1) is 5.01 Å². The number of likely N-dealkylation sites (tertiary alicyclic amines) is 1. The molecule has 1 saturated heterocycles. The third-order valence-corrected chi connectivity index (χ3v) is 9.49. The van der Waals surface area contributed by atoms with E-state index in [0.717, 1.165) is 42.2 Å². The summed E-state index contributed by atoms with van der Waals surface area (Å²) in [6.45, 7) is 10.3. The number of nitrogens with one attached hydrogen (secondary N) is 1. The molecule has 0 spiro atoms. The number of amides is 2. The lowest BCUT2D eigenvalue weighted by Gasteiger charge is -2.31. The van der Waals surface area contributed by atoms with Crippen LogP contribution in [0.3, 0.4) is 0 Å². The summed E-state index contributed by atoms with van der Waals surface area (Å²) in [5.41, 5.74) is 3.07. The van der Waals surface area contributed by atoms with Gasteiger partial charge in [-0.25, -0.2) is 4.98 Å². The quantitative estimate of drug-likeness (QED) is 0.519. The highest BCUT2D eigenvalue weighted by atomic mass is 32.1. The van der Waals surface area contributed by atoms with E-state index in [4.69, 9.17) is 0 Å². The normalized spacial score (nSPS) is 19.7. The molecular formula is C25H29N5O2S2. The predicted octanol–water partition coefficient (Wildman–Crippen LogP) is 5.30. The molecule has 9 heteroatoms. The number of hydrogen-bond acceptors (Lipinski definition) is 7. The second-order valence-corrected chi connectivity index (χ2v) is 11.9. The van der Waals surface area contributed by atoms with E-state index in [2.05, 4.69) is 47.6 Å². The number of carbonyl (C=O) groups excluding carboxylic acids is 2. The van der Waals surface area contributed by atoms with Crippen LogP contribution in [-0.4, -0.2) is 44.4 Å². The Labute approximate surface area is 207 Å². The molecule has 1 N–H and O–H groups in total. The van der Waals surface area contributed by atoms with E-state index >= 15 is 0 Å². The number of benzene rings is 1. The molecule has 1 aliphatic heterocycles. The molecule has 1 saturated carbocycles. The highest BCUT2D eigenvalue weighted by Gasteiger charge is 2.68. The average Bonchev–Trinajstić information content (AvgIpc) is 3.37. The van der Waals surface area contributed by atoms with Gasteiger partial charge in [0.2, 0.25) is 5.91 Å². The monoisotopic (exact) mass is 495 g/mol. The summed E-state index contributed by atoms with van der Waals surface area (Å²) in [6.07, 6.45) is 1.78. The molecule has 2 aromatic heterocycles. The Morgan fingerprint density at radius 3 is 2.29 bits per heavy atom. The van der Waals surface area contributed by atoms with E-state index in [1.54, 1.807) is 0 Å². The zero-order valence-corrected chi connectivity index (χ0v) is 21.5. The van der Waals surface area contributed by atoms with Gasteiger partial charge in [0.25, 0.3) is 5.91 Å². The Bertz CT molecular complexity index is 1180. The highest BCUT2D eigenvalue weighted by Crippen LogP contribution is 2.68. The largest absolute Gasteiger partial charge is 0.342 e. The number of nitrogens with zero attached hydrogens (tertiary/aromatic N) is 4. The van der Waals surface area contributed by atoms with E-state index < -0.39 is 0 Å². The SMILES string of the molecule is CC1(C)C(C(=O)N2CCC(c3nc(C(=O)Nc4ccc(-c5csnn5)cc4)cs3)CC2)C1(C)C. The van der Waals surface area contributed by atoms with Crippen molar-refractivity contribution in [3.8, 4) is 11.3 Å². The second-order valence-electron chi connectivity index (χ2n) is 10.4. The van der Waals surface area contributed by atoms with Gasteiger partial charge in [-0.3, -0.25) is 9.59 Å². The molecule has 5 rings (SSSR count). The van der Waals surface area contributed by atoms with Crippen molar-refractivity contribution in [2.75, 3.05) is 18.4 Å². The highest BCUT2D eigenvalue weighted by molar-refractivity contribution is 7.10. The van der Waals surface area contributed by atoms with Crippen LogP contribution in [0.25, 0.3) is 11.3 Å². The standard InChI is InChI=1S/C25H29N5O2S2/c1-24(2)20(25(24,3)4)23(32)30-11-9-16(10-12-30)22-27-19(13-33-22)21(31)26-17-7-5-15(6-8-17)18-14-34-29-28-18/h5-8,13-14,16,20H,9-12H2,1-4H3,(H,26,31). The number of aromatic nitrogens is 3. The van der Waals surface area contributed by atoms with Crippen LogP contribution in [0.5, 0.6) is 0 Å². The van der Waals surface area contributed by atoms with Crippen molar-refractivity contribution in [2.45, 2.75) is 46.5 Å². The van der Waals surface area contributed by atoms with Crippen LogP contribution in [0.4, 0.5) is 5.69 Å². The van der Waals surface area contributed by atoms with Gasteiger partial charge in [0, 0.05) is 46.9 Å². The van der Waals surface area contributed by atoms with Gasteiger partial charge in [-0.1, -0.05) is 44.3 Å². The molecule has 3 heterocycles. The summed E-state index contributed by atoms with van der Waals surface area (Å²) < 4.78 is 3.88. The smallest absolute Gasteiger partial charge is 0.275 e. The van der Waals surface area contributed by atoms with Gasteiger partial charge in [-0.2, -0.15) is 0 Å². The average molecular weight is 496 g/mol. The number of piperidine rings is 1. The van der Waals surface area contributed by atoms with Crippen LogP contribution >= 0.6 is 22.9 Å². The minimum atomic E-state index is -0.212. The van der Waals surface area contributed by atoms with Crippen LogP contribution in [0, 0.1) is 16.7 Å². The number of anilines is 1. The second kappa shape index (κ2) is 8.53. The molecule has 178 valence electrons. The van der Waals surface area contributed by atoms with Crippen molar-refractivity contribution in [3.63, 3.8) is 0 Å². The topological polar surface area (TPSA) is 88.1 Å². The van der Waals surface area contributed by atoms with Crippen LogP contribution < -0.4 is 5.32 Å². The zero-order valence-electron chi connectivity index (χ0n) is 19.9. The third kappa shape index (κ3) is 4.05. The molecule has 1 aromatic carbocycles. The van der Waals surface area contributed by atoms with E-state index in [-0.39, 0.29) is 22.7 Å². The Morgan fingerprint density at radius 1 is 1.03 bits per heavy atom. The molecular weight excluding hydrogens is 466 g/mol. The molecule has 0 unspecified atom stereocenters. The van der Waals surface area contributed by atoms with Gasteiger partial charge < -0.3 is 10.2 Å². The van der Waals surface area contributed by atoms with E-state index in [9.17, 15) is 9.59 Å². The fraction of sp³-hybridized carbons (Fsp3) is 0.480. The van der Waals surface area contributed by atoms with Gasteiger partial charge in [0.15, 0.2) is 0 Å². The Morgan fingerprint density at radius 2 is 1.71 bits per heavy atom. The van der Waals surface area contributed by atoms with Crippen LogP contribution in [0.1, 0.15) is 62.0 Å². The minimum absolute atomic E-state index is 0.0663. The van der Waals surface area contributed by atoms with E-state index in [1.165, 1.54) is 22.9 Å². The van der Waals surface area contributed by atoms with Gasteiger partial charge in [-0.05, 0) is 47.3 Å². The Kier molecular flexibility index (Phi) is 5.80. The first kappa shape index (κ1) is 23.1. The van der Waals surface area contributed by atoms with E-state index in [1.807, 2.05) is 39.9 Å². The maximum atomic E-state index is 13.0. The number of thiazole rings is 1. The summed E-state index contributed by atoms with van der Waals surface area (Å²) in [5, 5.41) is 11.7. The summed E-state index contributed by atoms with van der Waals surface area (Å²) >= 11 is 2.84. The fourth-order valence-corrected chi connectivity index (χ4v) is 6.57. The number of hydrogen-bond donors (Lipinski definition) is 1. The molecule has 2 fully saturated rings. The van der Waals surface area contributed by atoms with Gasteiger partial charge in [0.1, 0.15) is 11.4 Å². The molecule has 7 nitrogen and oxygen atoms in total. The molecule has 0 radical (unpaired) electrons. The first-order valence-electron chi connectivity index (χ1n) is 11.6. The maximum absolute atomic E-state index is 13.0. The van der Waals surface area contributed by atoms with Gasteiger partial charge in [-0.15, -0.1) is 16.4 Å². The summed E-state index contributed by atoms with van der Waals surface area (Å²) in [7, 11) is 0.